The molecule has 10 nitrogen and oxygen atoms in total. The topological polar surface area (TPSA) is 131 Å². The standard InChI is InChI=1S/C26H34N8O2/c35-25(33-21-9-5-19(6-10-21)23-27-15-16-28-23)31-13-3-1-2-4-14-32-26(36)34-22-11-7-20(8-12-22)24-29-17-18-30-24/h5-12H,1-4,13-18H2,(H,27,28)(H,29,30)(H2,31,33,35)(H2,32,34,36). The van der Waals surface area contributed by atoms with Gasteiger partial charge in [0, 0.05) is 48.7 Å². The van der Waals surface area contributed by atoms with E-state index in [0.717, 1.165) is 86.0 Å². The first-order chi connectivity index (χ1) is 17.7. The molecule has 2 aliphatic heterocycles. The van der Waals surface area contributed by atoms with Gasteiger partial charge in [0.25, 0.3) is 0 Å². The molecule has 0 aliphatic carbocycles. The van der Waals surface area contributed by atoms with E-state index in [1.165, 1.54) is 0 Å². The molecule has 0 saturated carbocycles. The highest BCUT2D eigenvalue weighted by Gasteiger charge is 2.09. The van der Waals surface area contributed by atoms with E-state index < -0.39 is 0 Å². The highest BCUT2D eigenvalue weighted by Crippen LogP contribution is 2.12. The van der Waals surface area contributed by atoms with Gasteiger partial charge in [0.05, 0.1) is 13.1 Å². The van der Waals surface area contributed by atoms with E-state index in [0.29, 0.717) is 13.1 Å². The van der Waals surface area contributed by atoms with Gasteiger partial charge in [0.15, 0.2) is 0 Å². The molecule has 6 N–H and O–H groups in total. The summed E-state index contributed by atoms with van der Waals surface area (Å²) in [5.74, 6) is 1.81. The van der Waals surface area contributed by atoms with Crippen LogP contribution in [-0.2, 0) is 0 Å². The van der Waals surface area contributed by atoms with E-state index in [4.69, 9.17) is 0 Å². The lowest BCUT2D eigenvalue weighted by Gasteiger charge is -2.10. The molecule has 2 aromatic carbocycles. The van der Waals surface area contributed by atoms with Crippen LogP contribution in [0.4, 0.5) is 21.0 Å². The smallest absolute Gasteiger partial charge is 0.319 e. The Balaban J connectivity index is 1.01. The van der Waals surface area contributed by atoms with E-state index in [9.17, 15) is 9.59 Å². The van der Waals surface area contributed by atoms with Crippen LogP contribution in [0.1, 0.15) is 36.8 Å². The van der Waals surface area contributed by atoms with Crippen molar-refractivity contribution in [2.75, 3.05) is 49.9 Å². The molecule has 0 unspecified atom stereocenters. The average Bonchev–Trinajstić information content (AvgIpc) is 3.62. The Morgan fingerprint density at radius 3 is 1.42 bits per heavy atom. The van der Waals surface area contributed by atoms with E-state index >= 15 is 0 Å². The predicted octanol–water partition coefficient (Wildman–Crippen LogP) is 2.89. The molecular formula is C26H34N8O2. The van der Waals surface area contributed by atoms with Crippen molar-refractivity contribution in [2.45, 2.75) is 25.7 Å². The summed E-state index contributed by atoms with van der Waals surface area (Å²) in [6, 6.07) is 14.9. The maximum absolute atomic E-state index is 12.1. The molecule has 4 rings (SSSR count). The van der Waals surface area contributed by atoms with Gasteiger partial charge in [0.2, 0.25) is 0 Å². The van der Waals surface area contributed by atoms with Crippen molar-refractivity contribution in [3.8, 4) is 0 Å². The van der Waals surface area contributed by atoms with Crippen LogP contribution >= 0.6 is 0 Å². The fourth-order valence-electron chi connectivity index (χ4n) is 3.96. The van der Waals surface area contributed by atoms with Crippen LogP contribution in [0.3, 0.4) is 0 Å². The summed E-state index contributed by atoms with van der Waals surface area (Å²) in [5.41, 5.74) is 3.53. The zero-order valence-electron chi connectivity index (χ0n) is 20.4. The number of benzene rings is 2. The van der Waals surface area contributed by atoms with Crippen molar-refractivity contribution in [3.05, 3.63) is 59.7 Å². The van der Waals surface area contributed by atoms with E-state index in [2.05, 4.69) is 41.9 Å². The van der Waals surface area contributed by atoms with Crippen LogP contribution in [0, 0.1) is 0 Å². The van der Waals surface area contributed by atoms with Gasteiger partial charge in [-0.25, -0.2) is 9.59 Å². The number of amides is 4. The first-order valence-corrected chi connectivity index (χ1v) is 12.5. The molecule has 4 amide bonds. The number of rotatable bonds is 11. The maximum Gasteiger partial charge on any atom is 0.319 e. The zero-order chi connectivity index (χ0) is 25.0. The van der Waals surface area contributed by atoms with E-state index in [1.807, 2.05) is 48.5 Å². The number of hydrogen-bond acceptors (Lipinski definition) is 6. The molecule has 0 spiro atoms. The average molecular weight is 491 g/mol. The van der Waals surface area contributed by atoms with Crippen LogP contribution in [0.25, 0.3) is 0 Å². The summed E-state index contributed by atoms with van der Waals surface area (Å²) in [7, 11) is 0. The Hall–Kier alpha value is -4.08. The zero-order valence-corrected chi connectivity index (χ0v) is 20.4. The second-order valence-electron chi connectivity index (χ2n) is 8.64. The molecule has 36 heavy (non-hydrogen) atoms. The first-order valence-electron chi connectivity index (χ1n) is 12.5. The normalized spacial score (nSPS) is 14.2. The summed E-state index contributed by atoms with van der Waals surface area (Å²) in [6.07, 6.45) is 3.73. The second-order valence-corrected chi connectivity index (χ2v) is 8.64. The molecule has 190 valence electrons. The number of nitrogens with one attached hydrogen (secondary N) is 6. The van der Waals surface area contributed by atoms with Crippen molar-refractivity contribution >= 4 is 35.1 Å². The number of unbranched alkanes of at least 4 members (excludes halogenated alkanes) is 3. The lowest BCUT2D eigenvalue weighted by Crippen LogP contribution is -2.30. The first kappa shape index (κ1) is 25.0. The van der Waals surface area contributed by atoms with Crippen LogP contribution in [0.2, 0.25) is 0 Å². The minimum Gasteiger partial charge on any atom is -0.368 e. The van der Waals surface area contributed by atoms with Crippen LogP contribution in [0.15, 0.2) is 58.5 Å². The highest BCUT2D eigenvalue weighted by molar-refractivity contribution is 6.01. The molecule has 0 atom stereocenters. The van der Waals surface area contributed by atoms with E-state index in [-0.39, 0.29) is 12.1 Å². The van der Waals surface area contributed by atoms with Crippen LogP contribution in [0.5, 0.6) is 0 Å². The van der Waals surface area contributed by atoms with Crippen LogP contribution in [-0.4, -0.2) is 63.0 Å². The third-order valence-electron chi connectivity index (χ3n) is 5.86. The molecule has 2 aliphatic rings. The Kier molecular flexibility index (Phi) is 9.13. The molecular weight excluding hydrogens is 456 g/mol. The molecule has 0 fully saturated rings. The summed E-state index contributed by atoms with van der Waals surface area (Å²) in [6.45, 7) is 4.55. The molecule has 2 aromatic rings. The molecule has 0 bridgehead atoms. The van der Waals surface area contributed by atoms with Gasteiger partial charge in [-0.05, 0) is 61.4 Å². The number of aliphatic imine (C=N–C) groups is 2. The number of anilines is 2. The van der Waals surface area contributed by atoms with Crippen molar-refractivity contribution in [1.82, 2.24) is 21.3 Å². The summed E-state index contributed by atoms with van der Waals surface area (Å²) >= 11 is 0. The Bertz CT molecular complexity index is 993. The molecule has 0 saturated heterocycles. The van der Waals surface area contributed by atoms with Gasteiger partial charge in [-0.15, -0.1) is 0 Å². The second kappa shape index (κ2) is 13.1. The van der Waals surface area contributed by atoms with Crippen molar-refractivity contribution in [2.24, 2.45) is 9.98 Å². The Labute approximate surface area is 211 Å². The van der Waals surface area contributed by atoms with Crippen molar-refractivity contribution in [3.63, 3.8) is 0 Å². The number of nitrogens with zero attached hydrogens (tertiary/aromatic N) is 2. The monoisotopic (exact) mass is 490 g/mol. The quantitative estimate of drug-likeness (QED) is 0.270. The fourth-order valence-corrected chi connectivity index (χ4v) is 3.96. The third-order valence-corrected chi connectivity index (χ3v) is 5.86. The predicted molar refractivity (Wildman–Crippen MR) is 144 cm³/mol. The maximum atomic E-state index is 12.1. The van der Waals surface area contributed by atoms with E-state index in [1.54, 1.807) is 0 Å². The van der Waals surface area contributed by atoms with Gasteiger partial charge in [-0.3, -0.25) is 9.98 Å². The van der Waals surface area contributed by atoms with Gasteiger partial charge in [-0.2, -0.15) is 0 Å². The lowest BCUT2D eigenvalue weighted by atomic mass is 10.2. The molecule has 0 radical (unpaired) electrons. The Morgan fingerprint density at radius 2 is 1.06 bits per heavy atom. The highest BCUT2D eigenvalue weighted by atomic mass is 16.2. The minimum absolute atomic E-state index is 0.210. The fraction of sp³-hybridized carbons (Fsp3) is 0.385. The number of carbonyl (C=O) groups excluding carboxylic acids is 2. The summed E-state index contributed by atoms with van der Waals surface area (Å²) < 4.78 is 0. The van der Waals surface area contributed by atoms with Gasteiger partial charge in [-0.1, -0.05) is 12.8 Å². The number of hydrogen-bond donors (Lipinski definition) is 6. The van der Waals surface area contributed by atoms with Crippen LogP contribution < -0.4 is 31.9 Å². The van der Waals surface area contributed by atoms with Gasteiger partial charge >= 0.3 is 12.1 Å². The third kappa shape index (κ3) is 7.72. The summed E-state index contributed by atoms with van der Waals surface area (Å²) in [5, 5.41) is 17.9. The largest absolute Gasteiger partial charge is 0.368 e. The van der Waals surface area contributed by atoms with Gasteiger partial charge < -0.3 is 31.9 Å². The van der Waals surface area contributed by atoms with Gasteiger partial charge in [0.1, 0.15) is 11.7 Å². The van der Waals surface area contributed by atoms with Crippen molar-refractivity contribution in [1.29, 1.82) is 0 Å². The SMILES string of the molecule is O=C(NCCCCCCNC(=O)Nc1ccc(C2=NCCN2)cc1)Nc1ccc(C2=NCCN2)cc1. The number of carbonyl (C=O) groups is 2. The number of amidine groups is 2. The molecule has 0 aromatic heterocycles. The molecule has 10 heteroatoms. The minimum atomic E-state index is -0.210. The lowest BCUT2D eigenvalue weighted by molar-refractivity contribution is 0.250. The number of urea groups is 2. The molecule has 2 heterocycles. The Morgan fingerprint density at radius 1 is 0.639 bits per heavy atom. The van der Waals surface area contributed by atoms with Crippen molar-refractivity contribution < 1.29 is 9.59 Å². The summed E-state index contributed by atoms with van der Waals surface area (Å²) in [4.78, 5) is 32.9.